The summed E-state index contributed by atoms with van der Waals surface area (Å²) < 4.78 is 0. The van der Waals surface area contributed by atoms with Crippen molar-refractivity contribution >= 4 is 6.03 Å². The first-order chi connectivity index (χ1) is 10.7. The van der Waals surface area contributed by atoms with Crippen LogP contribution in [0.2, 0.25) is 0 Å². The molecule has 2 atom stereocenters. The fourth-order valence-electron chi connectivity index (χ4n) is 3.90. The number of fused-ring (bicyclic) bond motifs is 1. The van der Waals surface area contributed by atoms with Gasteiger partial charge in [0.15, 0.2) is 0 Å². The minimum absolute atomic E-state index is 0.158. The third-order valence-corrected chi connectivity index (χ3v) is 5.17. The lowest BCUT2D eigenvalue weighted by Crippen LogP contribution is -2.45. The molecule has 1 aromatic heterocycles. The van der Waals surface area contributed by atoms with Gasteiger partial charge in [0.2, 0.25) is 0 Å². The molecule has 3 heterocycles. The summed E-state index contributed by atoms with van der Waals surface area (Å²) in [4.78, 5) is 21.5. The Kier molecular flexibility index (Phi) is 3.53. The zero-order valence-corrected chi connectivity index (χ0v) is 13.2. The first kappa shape index (κ1) is 14.0. The molecule has 2 aliphatic heterocycles. The van der Waals surface area contributed by atoms with Crippen molar-refractivity contribution in [1.29, 1.82) is 0 Å². The zero-order chi connectivity index (χ0) is 15.1. The third-order valence-electron chi connectivity index (χ3n) is 5.17. The van der Waals surface area contributed by atoms with Crippen molar-refractivity contribution in [1.82, 2.24) is 20.1 Å². The molecule has 3 fully saturated rings. The summed E-state index contributed by atoms with van der Waals surface area (Å²) in [5.74, 6) is 0. The van der Waals surface area contributed by atoms with E-state index in [1.807, 2.05) is 13.0 Å². The van der Waals surface area contributed by atoms with E-state index < -0.39 is 0 Å². The number of pyridine rings is 1. The highest BCUT2D eigenvalue weighted by Gasteiger charge is 2.44. The van der Waals surface area contributed by atoms with E-state index >= 15 is 0 Å². The molecule has 5 nitrogen and oxygen atoms in total. The summed E-state index contributed by atoms with van der Waals surface area (Å²) in [7, 11) is 0. The monoisotopic (exact) mass is 300 g/mol. The Hall–Kier alpha value is -1.62. The van der Waals surface area contributed by atoms with Crippen LogP contribution in [-0.4, -0.2) is 52.0 Å². The second-order valence-corrected chi connectivity index (χ2v) is 6.87. The molecule has 2 amide bonds. The predicted octanol–water partition coefficient (Wildman–Crippen LogP) is 1.91. The van der Waals surface area contributed by atoms with Crippen LogP contribution >= 0.6 is 0 Å². The van der Waals surface area contributed by atoms with Crippen LogP contribution in [0.5, 0.6) is 0 Å². The molecule has 0 spiro atoms. The van der Waals surface area contributed by atoms with Gasteiger partial charge in [0.1, 0.15) is 0 Å². The summed E-state index contributed by atoms with van der Waals surface area (Å²) in [6.07, 6.45) is 4.49. The van der Waals surface area contributed by atoms with Crippen LogP contribution in [0.25, 0.3) is 0 Å². The number of nitrogens with zero attached hydrogens (tertiary/aromatic N) is 3. The average molecular weight is 300 g/mol. The van der Waals surface area contributed by atoms with Crippen molar-refractivity contribution in [3.63, 3.8) is 0 Å². The van der Waals surface area contributed by atoms with Gasteiger partial charge in [-0.15, -0.1) is 0 Å². The molecule has 1 N–H and O–H groups in total. The average Bonchev–Trinajstić information content (AvgIpc) is 3.07. The molecule has 2 saturated heterocycles. The highest BCUT2D eigenvalue weighted by Crippen LogP contribution is 2.33. The van der Waals surface area contributed by atoms with Gasteiger partial charge in [-0.3, -0.25) is 9.88 Å². The molecule has 22 heavy (non-hydrogen) atoms. The summed E-state index contributed by atoms with van der Waals surface area (Å²) in [5, 5.41) is 3.14. The maximum absolute atomic E-state index is 12.3. The van der Waals surface area contributed by atoms with E-state index in [1.54, 1.807) is 0 Å². The fourth-order valence-corrected chi connectivity index (χ4v) is 3.90. The van der Waals surface area contributed by atoms with Crippen LogP contribution in [0, 0.1) is 6.92 Å². The zero-order valence-electron chi connectivity index (χ0n) is 13.2. The molecule has 3 aliphatic rings. The Labute approximate surface area is 131 Å². The summed E-state index contributed by atoms with van der Waals surface area (Å²) in [6.45, 7) is 4.90. The van der Waals surface area contributed by atoms with Crippen LogP contribution in [0.1, 0.15) is 37.1 Å². The SMILES string of the molecule is Cc1cccc(CN2CC[C@@H]3[C@H]2CCN3C(=O)NC2CC2)n1. The van der Waals surface area contributed by atoms with Crippen molar-refractivity contribution in [2.45, 2.75) is 57.3 Å². The van der Waals surface area contributed by atoms with Gasteiger partial charge in [-0.05, 0) is 44.7 Å². The second-order valence-electron chi connectivity index (χ2n) is 6.87. The minimum atomic E-state index is 0.158. The Bertz CT molecular complexity index is 572. The van der Waals surface area contributed by atoms with E-state index in [0.29, 0.717) is 18.1 Å². The predicted molar refractivity (Wildman–Crippen MR) is 84.5 cm³/mol. The Balaban J connectivity index is 1.40. The van der Waals surface area contributed by atoms with E-state index in [2.05, 4.69) is 32.2 Å². The second kappa shape index (κ2) is 5.54. The smallest absolute Gasteiger partial charge is 0.317 e. The Morgan fingerprint density at radius 2 is 2.05 bits per heavy atom. The van der Waals surface area contributed by atoms with Gasteiger partial charge in [-0.1, -0.05) is 6.07 Å². The molecule has 118 valence electrons. The first-order valence-electron chi connectivity index (χ1n) is 8.44. The fraction of sp³-hybridized carbons (Fsp3) is 0.647. The number of carbonyl (C=O) groups excluding carboxylic acids is 1. The number of aryl methyl sites for hydroxylation is 1. The number of carbonyl (C=O) groups is 1. The van der Waals surface area contributed by atoms with Gasteiger partial charge in [-0.2, -0.15) is 0 Å². The molecule has 0 bridgehead atoms. The van der Waals surface area contributed by atoms with E-state index in [0.717, 1.165) is 56.7 Å². The quantitative estimate of drug-likeness (QED) is 0.927. The van der Waals surface area contributed by atoms with Crippen LogP contribution in [0.4, 0.5) is 4.79 Å². The van der Waals surface area contributed by atoms with Crippen molar-refractivity contribution in [2.75, 3.05) is 13.1 Å². The lowest BCUT2D eigenvalue weighted by atomic mass is 10.1. The van der Waals surface area contributed by atoms with Gasteiger partial charge >= 0.3 is 6.03 Å². The molecule has 4 rings (SSSR count). The van der Waals surface area contributed by atoms with Crippen LogP contribution < -0.4 is 5.32 Å². The lowest BCUT2D eigenvalue weighted by molar-refractivity contribution is 0.186. The van der Waals surface area contributed by atoms with Gasteiger partial charge in [0.05, 0.1) is 11.7 Å². The van der Waals surface area contributed by atoms with Crippen LogP contribution in [-0.2, 0) is 6.54 Å². The summed E-state index contributed by atoms with van der Waals surface area (Å²) >= 11 is 0. The summed E-state index contributed by atoms with van der Waals surface area (Å²) in [5.41, 5.74) is 2.21. The standard InChI is InChI=1S/C17H24N4O/c1-12-3-2-4-14(18-12)11-20-9-7-16-15(20)8-10-21(16)17(22)19-13-5-6-13/h2-4,13,15-16H,5-11H2,1H3,(H,19,22)/t15-,16-/m1/s1. The van der Waals surface area contributed by atoms with E-state index in [4.69, 9.17) is 0 Å². The normalized spacial score (nSPS) is 28.0. The van der Waals surface area contributed by atoms with E-state index in [-0.39, 0.29) is 6.03 Å². The number of hydrogen-bond donors (Lipinski definition) is 1. The van der Waals surface area contributed by atoms with Crippen molar-refractivity contribution < 1.29 is 4.79 Å². The number of nitrogens with one attached hydrogen (secondary N) is 1. The minimum Gasteiger partial charge on any atom is -0.335 e. The Morgan fingerprint density at radius 3 is 2.82 bits per heavy atom. The highest BCUT2D eigenvalue weighted by atomic mass is 16.2. The highest BCUT2D eigenvalue weighted by molar-refractivity contribution is 5.75. The van der Waals surface area contributed by atoms with Gasteiger partial charge in [-0.25, -0.2) is 4.79 Å². The molecule has 5 heteroatoms. The molecular weight excluding hydrogens is 276 g/mol. The molecule has 1 saturated carbocycles. The Morgan fingerprint density at radius 1 is 1.23 bits per heavy atom. The summed E-state index contributed by atoms with van der Waals surface area (Å²) in [6, 6.07) is 7.72. The maximum Gasteiger partial charge on any atom is 0.317 e. The van der Waals surface area contributed by atoms with Crippen molar-refractivity contribution in [3.8, 4) is 0 Å². The number of amides is 2. The van der Waals surface area contributed by atoms with Crippen molar-refractivity contribution in [2.24, 2.45) is 0 Å². The molecule has 1 aliphatic carbocycles. The van der Waals surface area contributed by atoms with Gasteiger partial charge in [0, 0.05) is 37.4 Å². The number of rotatable bonds is 3. The third kappa shape index (κ3) is 2.70. The first-order valence-corrected chi connectivity index (χ1v) is 8.44. The van der Waals surface area contributed by atoms with Gasteiger partial charge in [0.25, 0.3) is 0 Å². The largest absolute Gasteiger partial charge is 0.335 e. The molecule has 0 radical (unpaired) electrons. The number of urea groups is 1. The van der Waals surface area contributed by atoms with Gasteiger partial charge < -0.3 is 10.2 Å². The van der Waals surface area contributed by atoms with Crippen LogP contribution in [0.3, 0.4) is 0 Å². The lowest BCUT2D eigenvalue weighted by Gasteiger charge is -2.25. The number of likely N-dealkylation sites (tertiary alicyclic amines) is 2. The number of aromatic nitrogens is 1. The molecular formula is C17H24N4O. The molecule has 1 aromatic rings. The van der Waals surface area contributed by atoms with E-state index in [9.17, 15) is 4.79 Å². The molecule has 0 unspecified atom stereocenters. The molecule has 0 aromatic carbocycles. The topological polar surface area (TPSA) is 48.5 Å². The van der Waals surface area contributed by atoms with Crippen molar-refractivity contribution in [3.05, 3.63) is 29.6 Å². The van der Waals surface area contributed by atoms with Crippen LogP contribution in [0.15, 0.2) is 18.2 Å². The van der Waals surface area contributed by atoms with E-state index in [1.165, 1.54) is 0 Å². The maximum atomic E-state index is 12.3. The number of hydrogen-bond acceptors (Lipinski definition) is 3.